The van der Waals surface area contributed by atoms with Crippen molar-refractivity contribution in [2.24, 2.45) is 0 Å². The maximum atomic E-state index is 6.24. The van der Waals surface area contributed by atoms with Crippen LogP contribution in [0, 0.1) is 6.92 Å². The molecule has 1 aliphatic heterocycles. The lowest BCUT2D eigenvalue weighted by Crippen LogP contribution is -2.29. The van der Waals surface area contributed by atoms with Crippen LogP contribution < -0.4 is 4.74 Å². The lowest BCUT2D eigenvalue weighted by Gasteiger charge is -2.26. The van der Waals surface area contributed by atoms with Crippen LogP contribution in [0.4, 0.5) is 0 Å². The van der Waals surface area contributed by atoms with E-state index in [1.165, 1.54) is 37.9 Å². The van der Waals surface area contributed by atoms with E-state index in [4.69, 9.17) is 4.74 Å². The van der Waals surface area contributed by atoms with E-state index in [0.717, 1.165) is 29.2 Å². The van der Waals surface area contributed by atoms with E-state index in [0.29, 0.717) is 11.5 Å². The van der Waals surface area contributed by atoms with Crippen molar-refractivity contribution in [1.29, 1.82) is 0 Å². The van der Waals surface area contributed by atoms with E-state index in [9.17, 15) is 0 Å². The molecule has 0 bridgehead atoms. The minimum absolute atomic E-state index is 0.520. The smallest absolute Gasteiger partial charge is 0.237 e. The molecule has 0 atom stereocenters. The first-order valence-corrected chi connectivity index (χ1v) is 10.5. The summed E-state index contributed by atoms with van der Waals surface area (Å²) in [4.78, 5) is 2.54. The van der Waals surface area contributed by atoms with Gasteiger partial charge in [0, 0.05) is 18.2 Å². The van der Waals surface area contributed by atoms with Crippen molar-refractivity contribution < 1.29 is 4.74 Å². The molecule has 2 aromatic carbocycles. The van der Waals surface area contributed by atoms with Crippen LogP contribution in [0.25, 0.3) is 16.8 Å². The van der Waals surface area contributed by atoms with Crippen LogP contribution in [-0.2, 0) is 6.54 Å². The Morgan fingerprint density at radius 2 is 1.73 bits per heavy atom. The molecule has 6 nitrogen and oxygen atoms in total. The molecule has 6 heteroatoms. The third-order valence-electron chi connectivity index (χ3n) is 5.59. The maximum Gasteiger partial charge on any atom is 0.237 e. The molecule has 0 saturated carbocycles. The second kappa shape index (κ2) is 8.24. The zero-order valence-electron chi connectivity index (χ0n) is 17.2. The summed E-state index contributed by atoms with van der Waals surface area (Å²) in [7, 11) is 0. The number of benzene rings is 2. The zero-order valence-corrected chi connectivity index (χ0v) is 17.2. The van der Waals surface area contributed by atoms with Gasteiger partial charge in [-0.05, 0) is 62.2 Å². The van der Waals surface area contributed by atoms with Crippen LogP contribution in [0.5, 0.6) is 11.6 Å². The molecular weight excluding hydrogens is 374 g/mol. The van der Waals surface area contributed by atoms with Gasteiger partial charge in [0.1, 0.15) is 5.75 Å². The van der Waals surface area contributed by atoms with Gasteiger partial charge in [-0.15, -0.1) is 15.3 Å². The number of aryl methyl sites for hydroxylation is 1. The average Bonchev–Trinajstić information content (AvgIpc) is 3.16. The standard InChI is InChI=1S/C24H25N5O/c1-18-25-26-23-12-13-24(27-29(18)23)30-22-11-10-19(17-28-14-6-3-7-15-28)16-21(22)20-8-4-2-5-9-20/h2,4-5,8-13,16H,3,6-7,14-15,17H2,1H3. The predicted octanol–water partition coefficient (Wildman–Crippen LogP) is 4.88. The third-order valence-corrected chi connectivity index (χ3v) is 5.59. The Bertz CT molecular complexity index is 1150. The largest absolute Gasteiger partial charge is 0.437 e. The van der Waals surface area contributed by atoms with Crippen molar-refractivity contribution in [3.8, 4) is 22.8 Å². The molecule has 30 heavy (non-hydrogen) atoms. The quantitative estimate of drug-likeness (QED) is 0.479. The first-order valence-electron chi connectivity index (χ1n) is 10.5. The molecule has 5 rings (SSSR count). The van der Waals surface area contributed by atoms with Gasteiger partial charge in [0.15, 0.2) is 11.5 Å². The van der Waals surface area contributed by atoms with E-state index in [2.05, 4.69) is 62.7 Å². The highest BCUT2D eigenvalue weighted by atomic mass is 16.5. The second-order valence-corrected chi connectivity index (χ2v) is 7.82. The number of ether oxygens (including phenoxy) is 1. The minimum atomic E-state index is 0.520. The number of aromatic nitrogens is 4. The molecular formula is C24H25N5O. The fourth-order valence-electron chi connectivity index (χ4n) is 4.03. The second-order valence-electron chi connectivity index (χ2n) is 7.82. The van der Waals surface area contributed by atoms with E-state index in [-0.39, 0.29) is 0 Å². The van der Waals surface area contributed by atoms with Crippen molar-refractivity contribution in [2.75, 3.05) is 13.1 Å². The Balaban J connectivity index is 1.48. The molecule has 0 N–H and O–H groups in total. The van der Waals surface area contributed by atoms with Crippen LogP contribution in [0.2, 0.25) is 0 Å². The van der Waals surface area contributed by atoms with Crippen LogP contribution in [0.1, 0.15) is 30.7 Å². The molecule has 0 unspecified atom stereocenters. The number of nitrogens with zero attached hydrogens (tertiary/aromatic N) is 5. The molecule has 0 amide bonds. The molecule has 1 saturated heterocycles. The summed E-state index contributed by atoms with van der Waals surface area (Å²) in [6, 6.07) is 20.6. The van der Waals surface area contributed by atoms with E-state index in [1.807, 2.05) is 25.1 Å². The normalized spacial score (nSPS) is 14.8. The van der Waals surface area contributed by atoms with Crippen molar-refractivity contribution in [3.05, 3.63) is 72.1 Å². The first kappa shape index (κ1) is 18.8. The highest BCUT2D eigenvalue weighted by molar-refractivity contribution is 5.71. The number of rotatable bonds is 5. The van der Waals surface area contributed by atoms with E-state index >= 15 is 0 Å². The monoisotopic (exact) mass is 399 g/mol. The highest BCUT2D eigenvalue weighted by Crippen LogP contribution is 2.34. The third kappa shape index (κ3) is 3.91. The fourth-order valence-corrected chi connectivity index (χ4v) is 4.03. The van der Waals surface area contributed by atoms with Crippen molar-refractivity contribution in [2.45, 2.75) is 32.7 Å². The minimum Gasteiger partial charge on any atom is -0.437 e. The summed E-state index contributed by atoms with van der Waals surface area (Å²) in [5.74, 6) is 2.04. The lowest BCUT2D eigenvalue weighted by atomic mass is 10.0. The van der Waals surface area contributed by atoms with Gasteiger partial charge < -0.3 is 4.74 Å². The van der Waals surface area contributed by atoms with Gasteiger partial charge in [0.2, 0.25) is 5.88 Å². The number of fused-ring (bicyclic) bond motifs is 1. The van der Waals surface area contributed by atoms with Gasteiger partial charge in [-0.2, -0.15) is 4.52 Å². The number of hydrogen-bond acceptors (Lipinski definition) is 5. The topological polar surface area (TPSA) is 55.6 Å². The Morgan fingerprint density at radius 3 is 2.57 bits per heavy atom. The Hall–Kier alpha value is -3.25. The van der Waals surface area contributed by atoms with Crippen LogP contribution >= 0.6 is 0 Å². The maximum absolute atomic E-state index is 6.24. The van der Waals surface area contributed by atoms with Gasteiger partial charge in [0.05, 0.1) is 0 Å². The number of piperidine rings is 1. The van der Waals surface area contributed by atoms with E-state index < -0.39 is 0 Å². The Morgan fingerprint density at radius 1 is 0.900 bits per heavy atom. The summed E-state index contributed by atoms with van der Waals surface area (Å²) in [6.07, 6.45) is 3.94. The Kier molecular flexibility index (Phi) is 5.15. The van der Waals surface area contributed by atoms with Crippen LogP contribution in [-0.4, -0.2) is 37.8 Å². The number of likely N-dealkylation sites (tertiary alicyclic amines) is 1. The highest BCUT2D eigenvalue weighted by Gasteiger charge is 2.14. The van der Waals surface area contributed by atoms with Crippen molar-refractivity contribution in [3.63, 3.8) is 0 Å². The molecule has 152 valence electrons. The van der Waals surface area contributed by atoms with Gasteiger partial charge >= 0.3 is 0 Å². The molecule has 0 aliphatic carbocycles. The van der Waals surface area contributed by atoms with Crippen LogP contribution in [0.15, 0.2) is 60.7 Å². The summed E-state index contributed by atoms with van der Waals surface area (Å²) in [5.41, 5.74) is 4.23. The van der Waals surface area contributed by atoms with Crippen molar-refractivity contribution >= 4 is 5.65 Å². The zero-order chi connectivity index (χ0) is 20.3. The van der Waals surface area contributed by atoms with Crippen molar-refractivity contribution in [1.82, 2.24) is 24.7 Å². The molecule has 1 aliphatic rings. The number of hydrogen-bond donors (Lipinski definition) is 0. The summed E-state index contributed by atoms with van der Waals surface area (Å²) >= 11 is 0. The predicted molar refractivity (Wildman–Crippen MR) is 117 cm³/mol. The van der Waals surface area contributed by atoms with Gasteiger partial charge in [-0.3, -0.25) is 4.90 Å². The molecule has 2 aromatic heterocycles. The molecule has 0 spiro atoms. The van der Waals surface area contributed by atoms with Crippen LogP contribution in [0.3, 0.4) is 0 Å². The Labute approximate surface area is 176 Å². The SMILES string of the molecule is Cc1nnc2ccc(Oc3ccc(CN4CCCCC4)cc3-c3ccccc3)nn12. The molecule has 0 radical (unpaired) electrons. The van der Waals surface area contributed by atoms with E-state index in [1.54, 1.807) is 4.52 Å². The average molecular weight is 399 g/mol. The van der Waals surface area contributed by atoms with Gasteiger partial charge in [-0.25, -0.2) is 0 Å². The molecule has 1 fully saturated rings. The molecule has 4 aromatic rings. The lowest BCUT2D eigenvalue weighted by molar-refractivity contribution is 0.221. The summed E-state index contributed by atoms with van der Waals surface area (Å²) < 4.78 is 7.94. The summed E-state index contributed by atoms with van der Waals surface area (Å²) in [5, 5.41) is 12.7. The van der Waals surface area contributed by atoms with Gasteiger partial charge in [-0.1, -0.05) is 42.8 Å². The molecule has 3 heterocycles. The first-order chi connectivity index (χ1) is 14.8. The summed E-state index contributed by atoms with van der Waals surface area (Å²) in [6.45, 7) is 5.22. The van der Waals surface area contributed by atoms with Gasteiger partial charge in [0.25, 0.3) is 0 Å². The fraction of sp³-hybridized carbons (Fsp3) is 0.292.